The Morgan fingerprint density at radius 3 is 2.74 bits per heavy atom. The van der Waals surface area contributed by atoms with Crippen LogP contribution in [0.25, 0.3) is 0 Å². The fourth-order valence-electron chi connectivity index (χ4n) is 2.07. The smallest absolute Gasteiger partial charge is 0.146 e. The highest BCUT2D eigenvalue weighted by Gasteiger charge is 2.13. The van der Waals surface area contributed by atoms with Gasteiger partial charge in [-0.25, -0.2) is 4.39 Å². The molecule has 1 aromatic heterocycles. The van der Waals surface area contributed by atoms with E-state index in [1.54, 1.807) is 6.07 Å². The van der Waals surface area contributed by atoms with Crippen LogP contribution in [-0.4, -0.2) is 9.78 Å². The van der Waals surface area contributed by atoms with E-state index in [9.17, 15) is 4.39 Å². The van der Waals surface area contributed by atoms with Crippen LogP contribution in [0.5, 0.6) is 0 Å². The fraction of sp³-hybridized carbons (Fsp3) is 0.357. The van der Waals surface area contributed by atoms with Gasteiger partial charge in [0.25, 0.3) is 0 Å². The number of nitrogens with one attached hydrogen (secondary N) is 1. The van der Waals surface area contributed by atoms with E-state index in [2.05, 4.69) is 10.4 Å². The summed E-state index contributed by atoms with van der Waals surface area (Å²) in [4.78, 5) is 0. The first-order valence-electron chi connectivity index (χ1n) is 6.25. The maximum Gasteiger partial charge on any atom is 0.146 e. The number of halogens is 2. The summed E-state index contributed by atoms with van der Waals surface area (Å²) in [7, 11) is 0. The summed E-state index contributed by atoms with van der Waals surface area (Å²) in [5, 5.41) is 8.08. The van der Waals surface area contributed by atoms with E-state index in [1.807, 2.05) is 31.5 Å². The van der Waals surface area contributed by atoms with Gasteiger partial charge in [-0.1, -0.05) is 23.7 Å². The number of aromatic nitrogens is 2. The van der Waals surface area contributed by atoms with E-state index in [0.29, 0.717) is 17.3 Å². The van der Waals surface area contributed by atoms with Crippen molar-refractivity contribution in [2.45, 2.75) is 33.9 Å². The second-order valence-corrected chi connectivity index (χ2v) is 4.83. The summed E-state index contributed by atoms with van der Waals surface area (Å²) >= 11 is 6.22. The third-order valence-electron chi connectivity index (χ3n) is 3.11. The average molecular weight is 282 g/mol. The number of hydrogen-bond acceptors (Lipinski definition) is 2. The SMILES string of the molecule is CCn1nc(C)c(Cl)c1CNc1c(C)cccc1F. The van der Waals surface area contributed by atoms with Crippen molar-refractivity contribution in [1.82, 2.24) is 9.78 Å². The minimum Gasteiger partial charge on any atom is -0.377 e. The summed E-state index contributed by atoms with van der Waals surface area (Å²) in [6, 6.07) is 5.01. The molecule has 1 aromatic carbocycles. The quantitative estimate of drug-likeness (QED) is 0.920. The number of anilines is 1. The van der Waals surface area contributed by atoms with Crippen LogP contribution in [0.3, 0.4) is 0 Å². The van der Waals surface area contributed by atoms with E-state index in [1.165, 1.54) is 6.07 Å². The van der Waals surface area contributed by atoms with Crippen LogP contribution in [0.2, 0.25) is 5.02 Å². The second kappa shape index (κ2) is 5.61. The first kappa shape index (κ1) is 13.9. The second-order valence-electron chi connectivity index (χ2n) is 4.45. The van der Waals surface area contributed by atoms with Gasteiger partial charge < -0.3 is 5.32 Å². The lowest BCUT2D eigenvalue weighted by Crippen LogP contribution is -2.09. The van der Waals surface area contributed by atoms with Gasteiger partial charge in [0.2, 0.25) is 0 Å². The summed E-state index contributed by atoms with van der Waals surface area (Å²) in [5.41, 5.74) is 3.06. The standard InChI is InChI=1S/C14H17ClFN3/c1-4-19-12(13(15)10(3)18-19)8-17-14-9(2)6-5-7-11(14)16/h5-7,17H,4,8H2,1-3H3. The molecule has 0 bridgehead atoms. The summed E-state index contributed by atoms with van der Waals surface area (Å²) in [6.07, 6.45) is 0. The van der Waals surface area contributed by atoms with Gasteiger partial charge in [-0.15, -0.1) is 0 Å². The predicted octanol–water partition coefficient (Wildman–Crippen LogP) is 3.92. The molecule has 0 aliphatic rings. The van der Waals surface area contributed by atoms with Crippen LogP contribution >= 0.6 is 11.6 Å². The molecule has 0 saturated heterocycles. The Hall–Kier alpha value is -1.55. The molecule has 0 amide bonds. The third-order valence-corrected chi connectivity index (χ3v) is 3.60. The largest absolute Gasteiger partial charge is 0.377 e. The van der Waals surface area contributed by atoms with Crippen LogP contribution in [0.1, 0.15) is 23.9 Å². The van der Waals surface area contributed by atoms with Crippen molar-refractivity contribution in [2.75, 3.05) is 5.32 Å². The highest BCUT2D eigenvalue weighted by molar-refractivity contribution is 6.31. The molecule has 1 heterocycles. The highest BCUT2D eigenvalue weighted by atomic mass is 35.5. The predicted molar refractivity (Wildman–Crippen MR) is 76.1 cm³/mol. The molecule has 19 heavy (non-hydrogen) atoms. The van der Waals surface area contributed by atoms with Gasteiger partial charge in [-0.05, 0) is 32.4 Å². The summed E-state index contributed by atoms with van der Waals surface area (Å²) < 4.78 is 15.6. The molecular weight excluding hydrogens is 265 g/mol. The molecule has 0 fully saturated rings. The molecule has 0 saturated carbocycles. The van der Waals surface area contributed by atoms with Gasteiger partial charge in [0.05, 0.1) is 28.6 Å². The maximum atomic E-state index is 13.7. The topological polar surface area (TPSA) is 29.9 Å². The van der Waals surface area contributed by atoms with Gasteiger partial charge in [0.1, 0.15) is 5.82 Å². The molecule has 0 aliphatic heterocycles. The average Bonchev–Trinajstić information content (AvgIpc) is 2.65. The molecule has 1 N–H and O–H groups in total. The fourth-order valence-corrected chi connectivity index (χ4v) is 2.27. The molecule has 102 valence electrons. The van der Waals surface area contributed by atoms with Gasteiger partial charge in [-0.2, -0.15) is 5.10 Å². The number of rotatable bonds is 4. The van der Waals surface area contributed by atoms with E-state index in [-0.39, 0.29) is 5.82 Å². The molecule has 3 nitrogen and oxygen atoms in total. The zero-order valence-corrected chi connectivity index (χ0v) is 12.1. The Labute approximate surface area is 117 Å². The number of benzene rings is 1. The molecule has 2 rings (SSSR count). The van der Waals surface area contributed by atoms with Crippen molar-refractivity contribution in [1.29, 1.82) is 0 Å². The highest BCUT2D eigenvalue weighted by Crippen LogP contribution is 2.24. The molecule has 2 aromatic rings. The zero-order valence-electron chi connectivity index (χ0n) is 11.3. The number of hydrogen-bond donors (Lipinski definition) is 1. The van der Waals surface area contributed by atoms with Gasteiger partial charge in [0.15, 0.2) is 0 Å². The maximum absolute atomic E-state index is 13.7. The van der Waals surface area contributed by atoms with E-state index >= 15 is 0 Å². The molecule has 5 heteroatoms. The Morgan fingerprint density at radius 1 is 1.37 bits per heavy atom. The van der Waals surface area contributed by atoms with Crippen molar-refractivity contribution in [3.05, 3.63) is 46.0 Å². The van der Waals surface area contributed by atoms with Crippen LogP contribution in [0.4, 0.5) is 10.1 Å². The van der Waals surface area contributed by atoms with Crippen molar-refractivity contribution >= 4 is 17.3 Å². The molecule has 0 aliphatic carbocycles. The molecule has 0 unspecified atom stereocenters. The Bertz CT molecular complexity index is 572. The minimum atomic E-state index is -0.254. The van der Waals surface area contributed by atoms with E-state index in [0.717, 1.165) is 23.5 Å². The molecular formula is C14H17ClFN3. The lowest BCUT2D eigenvalue weighted by molar-refractivity contribution is 0.615. The van der Waals surface area contributed by atoms with Crippen molar-refractivity contribution in [3.63, 3.8) is 0 Å². The van der Waals surface area contributed by atoms with Crippen LogP contribution in [0, 0.1) is 19.7 Å². The van der Waals surface area contributed by atoms with Crippen LogP contribution in [-0.2, 0) is 13.1 Å². The Balaban J connectivity index is 2.24. The lowest BCUT2D eigenvalue weighted by Gasteiger charge is -2.11. The summed E-state index contributed by atoms with van der Waals surface area (Å²) in [5.74, 6) is -0.254. The van der Waals surface area contributed by atoms with Crippen molar-refractivity contribution < 1.29 is 4.39 Å². The monoisotopic (exact) mass is 281 g/mol. The first-order valence-corrected chi connectivity index (χ1v) is 6.63. The molecule has 0 atom stereocenters. The van der Waals surface area contributed by atoms with Gasteiger partial charge in [-0.3, -0.25) is 4.68 Å². The number of aryl methyl sites for hydroxylation is 3. The lowest BCUT2D eigenvalue weighted by atomic mass is 10.2. The third kappa shape index (κ3) is 2.73. The molecule has 0 radical (unpaired) electrons. The van der Waals surface area contributed by atoms with Crippen LogP contribution in [0.15, 0.2) is 18.2 Å². The Morgan fingerprint density at radius 2 is 2.11 bits per heavy atom. The van der Waals surface area contributed by atoms with E-state index < -0.39 is 0 Å². The Kier molecular flexibility index (Phi) is 4.10. The molecule has 0 spiro atoms. The number of para-hydroxylation sites is 1. The van der Waals surface area contributed by atoms with Gasteiger partial charge in [0, 0.05) is 6.54 Å². The van der Waals surface area contributed by atoms with Gasteiger partial charge >= 0.3 is 0 Å². The van der Waals surface area contributed by atoms with Crippen molar-refractivity contribution in [2.24, 2.45) is 0 Å². The zero-order chi connectivity index (χ0) is 14.0. The van der Waals surface area contributed by atoms with Crippen LogP contribution < -0.4 is 5.32 Å². The van der Waals surface area contributed by atoms with Crippen molar-refractivity contribution in [3.8, 4) is 0 Å². The minimum absolute atomic E-state index is 0.254. The normalized spacial score (nSPS) is 10.8. The first-order chi connectivity index (χ1) is 9.04. The van der Waals surface area contributed by atoms with E-state index in [4.69, 9.17) is 11.6 Å². The summed E-state index contributed by atoms with van der Waals surface area (Å²) in [6.45, 7) is 6.93. The number of nitrogens with zero attached hydrogens (tertiary/aromatic N) is 2.